The quantitative estimate of drug-likeness (QED) is 0.639. The SMILES string of the molecule is Cc1c(NN)nc(C2CC2)nc1Oc1cnn(C)c1. The minimum absolute atomic E-state index is 0.434. The number of hydrogen-bond acceptors (Lipinski definition) is 6. The smallest absolute Gasteiger partial charge is 0.227 e. The molecule has 1 aliphatic carbocycles. The van der Waals surface area contributed by atoms with Crippen LogP contribution in [0.3, 0.4) is 0 Å². The van der Waals surface area contributed by atoms with Crippen molar-refractivity contribution in [1.82, 2.24) is 19.7 Å². The van der Waals surface area contributed by atoms with Gasteiger partial charge in [-0.25, -0.2) is 10.8 Å². The van der Waals surface area contributed by atoms with E-state index >= 15 is 0 Å². The average molecular weight is 260 g/mol. The number of nitrogen functional groups attached to an aromatic ring is 1. The lowest BCUT2D eigenvalue weighted by Crippen LogP contribution is -2.13. The minimum Gasteiger partial charge on any atom is -0.435 e. The molecule has 19 heavy (non-hydrogen) atoms. The van der Waals surface area contributed by atoms with Gasteiger partial charge in [-0.1, -0.05) is 0 Å². The van der Waals surface area contributed by atoms with E-state index in [-0.39, 0.29) is 0 Å². The van der Waals surface area contributed by atoms with Gasteiger partial charge in [0, 0.05) is 13.0 Å². The number of aryl methyl sites for hydroxylation is 1. The largest absolute Gasteiger partial charge is 0.435 e. The first-order chi connectivity index (χ1) is 9.17. The van der Waals surface area contributed by atoms with E-state index in [9.17, 15) is 0 Å². The molecule has 1 saturated carbocycles. The van der Waals surface area contributed by atoms with Crippen LogP contribution in [0.25, 0.3) is 0 Å². The highest BCUT2D eigenvalue weighted by Gasteiger charge is 2.28. The Morgan fingerprint density at radius 2 is 2.21 bits per heavy atom. The van der Waals surface area contributed by atoms with Gasteiger partial charge in [-0.2, -0.15) is 10.1 Å². The maximum atomic E-state index is 5.76. The molecule has 7 nitrogen and oxygen atoms in total. The van der Waals surface area contributed by atoms with Crippen LogP contribution < -0.4 is 16.0 Å². The molecule has 2 heterocycles. The maximum Gasteiger partial charge on any atom is 0.227 e. The van der Waals surface area contributed by atoms with Crippen molar-refractivity contribution < 1.29 is 4.74 Å². The predicted octanol–water partition coefficient (Wildman–Crippen LogP) is 1.47. The number of aromatic nitrogens is 4. The molecule has 2 aromatic rings. The van der Waals surface area contributed by atoms with Crippen LogP contribution in [-0.2, 0) is 7.05 Å². The molecule has 3 rings (SSSR count). The Bertz CT molecular complexity index is 604. The Morgan fingerprint density at radius 3 is 2.79 bits per heavy atom. The number of nitrogens with one attached hydrogen (secondary N) is 1. The van der Waals surface area contributed by atoms with Crippen LogP contribution in [0.1, 0.15) is 30.1 Å². The molecule has 0 unspecified atom stereocenters. The summed E-state index contributed by atoms with van der Waals surface area (Å²) in [5.74, 6) is 8.50. The molecular formula is C12H16N6O. The highest BCUT2D eigenvalue weighted by molar-refractivity contribution is 5.49. The molecule has 2 aromatic heterocycles. The number of anilines is 1. The Labute approximate surface area is 110 Å². The third-order valence-corrected chi connectivity index (χ3v) is 3.09. The average Bonchev–Trinajstić information content (AvgIpc) is 3.16. The zero-order valence-electron chi connectivity index (χ0n) is 10.9. The van der Waals surface area contributed by atoms with E-state index < -0.39 is 0 Å². The summed E-state index contributed by atoms with van der Waals surface area (Å²) in [5.41, 5.74) is 3.39. The lowest BCUT2D eigenvalue weighted by Gasteiger charge is -2.11. The third kappa shape index (κ3) is 2.37. The standard InChI is InChI=1S/C12H16N6O/c1-7-10(17-13)15-11(8-3-4-8)16-12(7)19-9-5-14-18(2)6-9/h5-6,8H,3-4,13H2,1-2H3,(H,15,16,17). The van der Waals surface area contributed by atoms with Gasteiger partial charge in [0.1, 0.15) is 5.82 Å². The fourth-order valence-electron chi connectivity index (χ4n) is 1.84. The van der Waals surface area contributed by atoms with Crippen LogP contribution >= 0.6 is 0 Å². The van der Waals surface area contributed by atoms with E-state index in [1.807, 2.05) is 14.0 Å². The number of nitrogens with zero attached hydrogens (tertiary/aromatic N) is 4. The molecule has 0 bridgehead atoms. The molecule has 0 radical (unpaired) electrons. The highest BCUT2D eigenvalue weighted by Crippen LogP contribution is 2.40. The van der Waals surface area contributed by atoms with Crippen LogP contribution in [0.4, 0.5) is 5.82 Å². The molecule has 0 atom stereocenters. The summed E-state index contributed by atoms with van der Waals surface area (Å²) in [4.78, 5) is 8.89. The van der Waals surface area contributed by atoms with Gasteiger partial charge >= 0.3 is 0 Å². The van der Waals surface area contributed by atoms with E-state index in [0.29, 0.717) is 23.4 Å². The van der Waals surface area contributed by atoms with Gasteiger partial charge < -0.3 is 10.2 Å². The molecule has 1 aliphatic rings. The molecule has 0 aromatic carbocycles. The van der Waals surface area contributed by atoms with Gasteiger partial charge in [-0.15, -0.1) is 0 Å². The fraction of sp³-hybridized carbons (Fsp3) is 0.417. The summed E-state index contributed by atoms with van der Waals surface area (Å²) >= 11 is 0. The van der Waals surface area contributed by atoms with Crippen LogP contribution in [-0.4, -0.2) is 19.7 Å². The van der Waals surface area contributed by atoms with Crippen LogP contribution in [0, 0.1) is 6.92 Å². The summed E-state index contributed by atoms with van der Waals surface area (Å²) in [6, 6.07) is 0. The molecule has 0 amide bonds. The monoisotopic (exact) mass is 260 g/mol. The second-order valence-electron chi connectivity index (χ2n) is 4.73. The minimum atomic E-state index is 0.434. The summed E-state index contributed by atoms with van der Waals surface area (Å²) in [6.07, 6.45) is 5.68. The van der Waals surface area contributed by atoms with Crippen molar-refractivity contribution in [2.75, 3.05) is 5.43 Å². The Kier molecular flexibility index (Phi) is 2.83. The van der Waals surface area contributed by atoms with Crippen LogP contribution in [0.5, 0.6) is 11.6 Å². The Hall–Kier alpha value is -2.15. The van der Waals surface area contributed by atoms with Crippen molar-refractivity contribution in [3.8, 4) is 11.6 Å². The van der Waals surface area contributed by atoms with Crippen molar-refractivity contribution >= 4 is 5.82 Å². The number of rotatable bonds is 4. The van der Waals surface area contributed by atoms with Gasteiger partial charge in [0.25, 0.3) is 0 Å². The number of hydrazine groups is 1. The second kappa shape index (κ2) is 4.51. The van der Waals surface area contributed by atoms with Crippen molar-refractivity contribution in [3.63, 3.8) is 0 Å². The summed E-state index contributed by atoms with van der Waals surface area (Å²) in [7, 11) is 1.84. The fourth-order valence-corrected chi connectivity index (χ4v) is 1.84. The molecular weight excluding hydrogens is 244 g/mol. The zero-order valence-corrected chi connectivity index (χ0v) is 10.9. The number of ether oxygens (including phenoxy) is 1. The summed E-state index contributed by atoms with van der Waals surface area (Å²) < 4.78 is 7.44. The molecule has 0 spiro atoms. The van der Waals surface area contributed by atoms with E-state index in [1.165, 1.54) is 0 Å². The van der Waals surface area contributed by atoms with Crippen LogP contribution in [0.2, 0.25) is 0 Å². The van der Waals surface area contributed by atoms with E-state index in [1.54, 1.807) is 17.1 Å². The Morgan fingerprint density at radius 1 is 1.42 bits per heavy atom. The molecule has 0 saturated heterocycles. The number of hydrogen-bond donors (Lipinski definition) is 2. The van der Waals surface area contributed by atoms with Gasteiger partial charge in [-0.05, 0) is 19.8 Å². The molecule has 0 aliphatic heterocycles. The van der Waals surface area contributed by atoms with E-state index in [0.717, 1.165) is 24.2 Å². The van der Waals surface area contributed by atoms with Crippen LogP contribution in [0.15, 0.2) is 12.4 Å². The third-order valence-electron chi connectivity index (χ3n) is 3.09. The first kappa shape index (κ1) is 11.9. The summed E-state index contributed by atoms with van der Waals surface area (Å²) in [6.45, 7) is 1.87. The van der Waals surface area contributed by atoms with Gasteiger partial charge in [-0.3, -0.25) is 4.68 Å². The molecule has 7 heteroatoms. The van der Waals surface area contributed by atoms with Gasteiger partial charge in [0.15, 0.2) is 11.6 Å². The van der Waals surface area contributed by atoms with E-state index in [2.05, 4.69) is 20.5 Å². The molecule has 3 N–H and O–H groups in total. The van der Waals surface area contributed by atoms with Crippen molar-refractivity contribution in [2.45, 2.75) is 25.7 Å². The van der Waals surface area contributed by atoms with Crippen molar-refractivity contribution in [3.05, 3.63) is 23.8 Å². The first-order valence-electron chi connectivity index (χ1n) is 6.19. The first-order valence-corrected chi connectivity index (χ1v) is 6.19. The van der Waals surface area contributed by atoms with Crippen molar-refractivity contribution in [2.24, 2.45) is 12.9 Å². The Balaban J connectivity index is 1.96. The molecule has 100 valence electrons. The zero-order chi connectivity index (χ0) is 13.4. The molecule has 1 fully saturated rings. The lowest BCUT2D eigenvalue weighted by atomic mass is 10.3. The summed E-state index contributed by atoms with van der Waals surface area (Å²) in [5, 5.41) is 4.06. The highest BCUT2D eigenvalue weighted by atomic mass is 16.5. The maximum absolute atomic E-state index is 5.76. The van der Waals surface area contributed by atoms with Crippen molar-refractivity contribution in [1.29, 1.82) is 0 Å². The topological polar surface area (TPSA) is 90.9 Å². The number of nitrogens with two attached hydrogens (primary N) is 1. The second-order valence-corrected chi connectivity index (χ2v) is 4.73. The van der Waals surface area contributed by atoms with E-state index in [4.69, 9.17) is 10.6 Å². The predicted molar refractivity (Wildman–Crippen MR) is 69.8 cm³/mol. The van der Waals surface area contributed by atoms with Gasteiger partial charge in [0.05, 0.1) is 18.0 Å². The lowest BCUT2D eigenvalue weighted by molar-refractivity contribution is 0.454. The van der Waals surface area contributed by atoms with Gasteiger partial charge in [0.2, 0.25) is 5.88 Å². The normalized spacial score (nSPS) is 14.5.